The SMILES string of the molecule is COc1ccccc1CC(=O)N1CCCC[C@H]1c1nc(-c2ccsc2)cc(=O)[nH]1. The largest absolute Gasteiger partial charge is 0.496 e. The number of piperidine rings is 1. The van der Waals surface area contributed by atoms with Crippen molar-refractivity contribution in [1.29, 1.82) is 0 Å². The zero-order valence-electron chi connectivity index (χ0n) is 16.3. The molecule has 1 N–H and O–H groups in total. The molecule has 0 saturated carbocycles. The Morgan fingerprint density at radius 2 is 2.17 bits per heavy atom. The Kier molecular flexibility index (Phi) is 5.76. The van der Waals surface area contributed by atoms with Crippen molar-refractivity contribution < 1.29 is 9.53 Å². The van der Waals surface area contributed by atoms with Crippen LogP contribution in [-0.2, 0) is 11.2 Å². The Hall–Kier alpha value is -2.93. The number of aromatic nitrogens is 2. The monoisotopic (exact) mass is 409 g/mol. The second-order valence-corrected chi connectivity index (χ2v) is 7.90. The molecule has 3 heterocycles. The van der Waals surface area contributed by atoms with Gasteiger partial charge in [-0.1, -0.05) is 18.2 Å². The summed E-state index contributed by atoms with van der Waals surface area (Å²) in [4.78, 5) is 34.9. The number of nitrogens with zero attached hydrogens (tertiary/aromatic N) is 2. The van der Waals surface area contributed by atoms with Crippen LogP contribution in [0.4, 0.5) is 0 Å². The number of hydrogen-bond acceptors (Lipinski definition) is 5. The van der Waals surface area contributed by atoms with Crippen LogP contribution >= 0.6 is 11.3 Å². The first kappa shape index (κ1) is 19.4. The second-order valence-electron chi connectivity index (χ2n) is 7.12. The van der Waals surface area contributed by atoms with Gasteiger partial charge in [-0.25, -0.2) is 4.98 Å². The normalized spacial score (nSPS) is 16.6. The van der Waals surface area contributed by atoms with Crippen molar-refractivity contribution >= 4 is 17.2 Å². The summed E-state index contributed by atoms with van der Waals surface area (Å²) in [5, 5.41) is 3.93. The number of H-pyrrole nitrogens is 1. The Morgan fingerprint density at radius 3 is 2.97 bits per heavy atom. The smallest absolute Gasteiger partial charge is 0.251 e. The number of ether oxygens (including phenoxy) is 1. The van der Waals surface area contributed by atoms with Crippen molar-refractivity contribution in [1.82, 2.24) is 14.9 Å². The van der Waals surface area contributed by atoms with Gasteiger partial charge in [-0.05, 0) is 36.8 Å². The van der Waals surface area contributed by atoms with Crippen LogP contribution in [-0.4, -0.2) is 34.4 Å². The average molecular weight is 410 g/mol. The van der Waals surface area contributed by atoms with Crippen LogP contribution in [0, 0.1) is 0 Å². The van der Waals surface area contributed by atoms with Crippen molar-refractivity contribution in [3.63, 3.8) is 0 Å². The molecule has 1 aliphatic heterocycles. The van der Waals surface area contributed by atoms with E-state index in [0.717, 1.165) is 30.4 Å². The fourth-order valence-electron chi connectivity index (χ4n) is 3.82. The van der Waals surface area contributed by atoms with E-state index in [1.165, 1.54) is 6.07 Å². The van der Waals surface area contributed by atoms with Crippen LogP contribution in [0.15, 0.2) is 52.0 Å². The third-order valence-electron chi connectivity index (χ3n) is 5.25. The molecule has 1 atom stereocenters. The van der Waals surface area contributed by atoms with Gasteiger partial charge >= 0.3 is 0 Å². The van der Waals surface area contributed by atoms with E-state index in [2.05, 4.69) is 4.98 Å². The maximum atomic E-state index is 13.2. The molecule has 0 unspecified atom stereocenters. The number of likely N-dealkylation sites (tertiary alicyclic amines) is 1. The van der Waals surface area contributed by atoms with Crippen molar-refractivity contribution in [2.75, 3.05) is 13.7 Å². The number of hydrogen-bond donors (Lipinski definition) is 1. The molecule has 0 spiro atoms. The number of para-hydroxylation sites is 1. The fourth-order valence-corrected chi connectivity index (χ4v) is 4.47. The fraction of sp³-hybridized carbons (Fsp3) is 0.318. The lowest BCUT2D eigenvalue weighted by molar-refractivity contribution is -0.134. The molecule has 0 radical (unpaired) electrons. The summed E-state index contributed by atoms with van der Waals surface area (Å²) in [6, 6.07) is 10.8. The standard InChI is InChI=1S/C22H23N3O3S/c1-28-19-8-3-2-6-15(19)12-21(27)25-10-5-4-7-18(25)22-23-17(13-20(26)24-22)16-9-11-29-14-16/h2-3,6,8-9,11,13-14,18H,4-5,7,10,12H2,1H3,(H,23,24,26)/t18-/m0/s1. The quantitative estimate of drug-likeness (QED) is 0.695. The molecule has 0 bridgehead atoms. The summed E-state index contributed by atoms with van der Waals surface area (Å²) in [5.74, 6) is 1.29. The van der Waals surface area contributed by atoms with E-state index in [-0.39, 0.29) is 23.9 Å². The van der Waals surface area contributed by atoms with E-state index < -0.39 is 0 Å². The van der Waals surface area contributed by atoms with Crippen molar-refractivity contribution in [2.24, 2.45) is 0 Å². The second kappa shape index (κ2) is 8.61. The van der Waals surface area contributed by atoms with Crippen LogP contribution in [0.2, 0.25) is 0 Å². The molecule has 4 rings (SSSR count). The predicted octanol–water partition coefficient (Wildman–Crippen LogP) is 3.80. The first-order valence-electron chi connectivity index (χ1n) is 9.71. The lowest BCUT2D eigenvalue weighted by Crippen LogP contribution is -2.40. The zero-order chi connectivity index (χ0) is 20.2. The van der Waals surface area contributed by atoms with Crippen molar-refractivity contribution in [2.45, 2.75) is 31.7 Å². The van der Waals surface area contributed by atoms with Crippen LogP contribution in [0.1, 0.15) is 36.7 Å². The van der Waals surface area contributed by atoms with Gasteiger partial charge in [-0.15, -0.1) is 0 Å². The lowest BCUT2D eigenvalue weighted by Gasteiger charge is -2.35. The molecule has 1 amide bonds. The summed E-state index contributed by atoms with van der Waals surface area (Å²) in [5.41, 5.74) is 2.23. The molecule has 3 aromatic rings. The topological polar surface area (TPSA) is 75.3 Å². The van der Waals surface area contributed by atoms with Gasteiger partial charge in [0.1, 0.15) is 11.6 Å². The summed E-state index contributed by atoms with van der Waals surface area (Å²) in [7, 11) is 1.61. The predicted molar refractivity (Wildman–Crippen MR) is 113 cm³/mol. The number of nitrogens with one attached hydrogen (secondary N) is 1. The van der Waals surface area contributed by atoms with Gasteiger partial charge in [0.15, 0.2) is 0 Å². The van der Waals surface area contributed by atoms with Gasteiger partial charge in [0.2, 0.25) is 5.91 Å². The van der Waals surface area contributed by atoms with Gasteiger partial charge < -0.3 is 14.6 Å². The lowest BCUT2D eigenvalue weighted by atomic mass is 9.99. The van der Waals surface area contributed by atoms with E-state index in [1.54, 1.807) is 18.4 Å². The van der Waals surface area contributed by atoms with Gasteiger partial charge in [0, 0.05) is 29.1 Å². The van der Waals surface area contributed by atoms with Crippen LogP contribution < -0.4 is 10.3 Å². The first-order valence-corrected chi connectivity index (χ1v) is 10.6. The third kappa shape index (κ3) is 4.24. The number of methoxy groups -OCH3 is 1. The molecule has 1 fully saturated rings. The molecule has 0 aliphatic carbocycles. The molecule has 1 saturated heterocycles. The number of carbonyl (C=O) groups is 1. The molecular weight excluding hydrogens is 386 g/mol. The molecule has 7 heteroatoms. The molecular formula is C22H23N3O3S. The summed E-state index contributed by atoms with van der Waals surface area (Å²) < 4.78 is 5.39. The van der Waals surface area contributed by atoms with Gasteiger partial charge in [-0.2, -0.15) is 11.3 Å². The highest BCUT2D eigenvalue weighted by Crippen LogP contribution is 2.31. The summed E-state index contributed by atoms with van der Waals surface area (Å²) in [6.45, 7) is 0.658. The molecule has 2 aromatic heterocycles. The van der Waals surface area contributed by atoms with E-state index in [4.69, 9.17) is 9.72 Å². The minimum atomic E-state index is -0.225. The molecule has 1 aliphatic rings. The Labute approximate surface area is 173 Å². The van der Waals surface area contributed by atoms with E-state index in [0.29, 0.717) is 23.8 Å². The first-order chi connectivity index (χ1) is 14.2. The van der Waals surface area contributed by atoms with Gasteiger partial charge in [-0.3, -0.25) is 9.59 Å². The molecule has 1 aromatic carbocycles. The van der Waals surface area contributed by atoms with Crippen molar-refractivity contribution in [3.05, 3.63) is 68.9 Å². The van der Waals surface area contributed by atoms with E-state index >= 15 is 0 Å². The Morgan fingerprint density at radius 1 is 1.31 bits per heavy atom. The number of thiophene rings is 1. The molecule has 29 heavy (non-hydrogen) atoms. The van der Waals surface area contributed by atoms with E-state index in [9.17, 15) is 9.59 Å². The maximum Gasteiger partial charge on any atom is 0.251 e. The van der Waals surface area contributed by atoms with Crippen LogP contribution in [0.3, 0.4) is 0 Å². The minimum absolute atomic E-state index is 0.0165. The Balaban J connectivity index is 1.63. The number of carbonyl (C=O) groups excluding carboxylic acids is 1. The average Bonchev–Trinajstić information content (AvgIpc) is 3.29. The highest BCUT2D eigenvalue weighted by Gasteiger charge is 2.30. The van der Waals surface area contributed by atoms with Gasteiger partial charge in [0.05, 0.1) is 25.3 Å². The number of amides is 1. The zero-order valence-corrected chi connectivity index (χ0v) is 17.1. The van der Waals surface area contributed by atoms with Gasteiger partial charge in [0.25, 0.3) is 5.56 Å². The van der Waals surface area contributed by atoms with Crippen LogP contribution in [0.25, 0.3) is 11.3 Å². The molecule has 150 valence electrons. The third-order valence-corrected chi connectivity index (χ3v) is 5.93. The maximum absolute atomic E-state index is 13.2. The molecule has 6 nitrogen and oxygen atoms in total. The van der Waals surface area contributed by atoms with E-state index in [1.807, 2.05) is 46.0 Å². The number of benzene rings is 1. The number of rotatable bonds is 5. The van der Waals surface area contributed by atoms with Crippen molar-refractivity contribution in [3.8, 4) is 17.0 Å². The minimum Gasteiger partial charge on any atom is -0.496 e. The Bertz CT molecular complexity index is 1050. The summed E-state index contributed by atoms with van der Waals surface area (Å²) >= 11 is 1.56. The number of aromatic amines is 1. The highest BCUT2D eigenvalue weighted by atomic mass is 32.1. The highest BCUT2D eigenvalue weighted by molar-refractivity contribution is 7.08. The summed E-state index contributed by atoms with van der Waals surface area (Å²) in [6.07, 6.45) is 2.99. The van der Waals surface area contributed by atoms with Crippen LogP contribution in [0.5, 0.6) is 5.75 Å².